The second-order valence-electron chi connectivity index (χ2n) is 9.91. The summed E-state index contributed by atoms with van der Waals surface area (Å²) in [6.07, 6.45) is 7.17. The number of hydrogen-bond acceptors (Lipinski definition) is 9. The van der Waals surface area contributed by atoms with E-state index in [-0.39, 0.29) is 16.4 Å². The van der Waals surface area contributed by atoms with E-state index in [0.29, 0.717) is 11.5 Å². The Morgan fingerprint density at radius 2 is 1.52 bits per heavy atom. The Morgan fingerprint density at radius 3 is 1.94 bits per heavy atom. The molecule has 282 valence electrons. The number of rotatable bonds is 4. The second-order valence-corrected chi connectivity index (χ2v) is 11.5. The van der Waals surface area contributed by atoms with E-state index in [1.54, 1.807) is 13.2 Å². The summed E-state index contributed by atoms with van der Waals surface area (Å²) in [4.78, 5) is 4.67. The quantitative estimate of drug-likeness (QED) is 0.0758. The van der Waals surface area contributed by atoms with Crippen LogP contribution < -0.4 is 5.84 Å². The fraction of sp³-hybridized carbons (Fsp3) is 0.205. The first-order valence-electron chi connectivity index (χ1n) is 15.0. The van der Waals surface area contributed by atoms with Crippen LogP contribution in [0.2, 0.25) is 0 Å². The van der Waals surface area contributed by atoms with Crippen molar-refractivity contribution in [2.75, 3.05) is 6.26 Å². The number of aromatic nitrogens is 3. The summed E-state index contributed by atoms with van der Waals surface area (Å²) in [5.41, 5.74) is 9.09. The molecule has 0 aliphatic carbocycles. The highest BCUT2D eigenvalue weighted by atomic mass is 32.2. The van der Waals surface area contributed by atoms with Crippen molar-refractivity contribution in [2.24, 2.45) is 33.6 Å². The number of fused-ring (bicyclic) bond motifs is 1. The molecular weight excluding hydrogens is 723 g/mol. The van der Waals surface area contributed by atoms with Gasteiger partial charge < -0.3 is 14.0 Å². The minimum atomic E-state index is -1.09. The summed E-state index contributed by atoms with van der Waals surface area (Å²) in [6.45, 7) is 9.64. The third kappa shape index (κ3) is 13.3. The minimum absolute atomic E-state index is 0. The van der Waals surface area contributed by atoms with Gasteiger partial charge in [0.15, 0.2) is 0 Å². The molecule has 1 unspecified atom stereocenters. The highest BCUT2D eigenvalue weighted by Gasteiger charge is 2.26. The van der Waals surface area contributed by atoms with Crippen molar-refractivity contribution < 1.29 is 29.5 Å². The van der Waals surface area contributed by atoms with Crippen LogP contribution in [0.25, 0.3) is 22.3 Å². The third-order valence-electron chi connectivity index (χ3n) is 6.54. The number of benzene rings is 1. The van der Waals surface area contributed by atoms with Crippen LogP contribution in [0.1, 0.15) is 46.7 Å². The van der Waals surface area contributed by atoms with Crippen molar-refractivity contribution in [3.8, 4) is 129 Å². The van der Waals surface area contributed by atoms with Gasteiger partial charge in [0.2, 0.25) is 10.4 Å². The molecule has 1 aliphatic rings. The van der Waals surface area contributed by atoms with Crippen LogP contribution in [0.5, 0.6) is 0 Å². The zero-order chi connectivity index (χ0) is 39.9. The smallest absolute Gasteiger partial charge is 0.226 e. The lowest BCUT2D eigenvalue weighted by atomic mass is 9.91. The molecule has 0 amide bonds. The van der Waals surface area contributed by atoms with Gasteiger partial charge in [0.05, 0.1) is 38.1 Å². The summed E-state index contributed by atoms with van der Waals surface area (Å²) >= 11 is 3.07. The first kappa shape index (κ1) is 42.6. The molecule has 1 atom stereocenters. The van der Waals surface area contributed by atoms with Crippen molar-refractivity contribution in [1.82, 2.24) is 14.9 Å². The lowest BCUT2D eigenvalue weighted by molar-refractivity contribution is -0.744. The van der Waals surface area contributed by atoms with E-state index in [9.17, 15) is 9.42 Å². The Labute approximate surface area is 334 Å². The number of nitrogens with two attached hydrogens (primary N) is 1. The van der Waals surface area contributed by atoms with Crippen molar-refractivity contribution >= 4 is 34.4 Å². The molecule has 3 aromatic rings. The molecule has 0 spiro atoms. The van der Waals surface area contributed by atoms with E-state index >= 15 is 0 Å². The topological polar surface area (TPSA) is 172 Å². The largest absolute Gasteiger partial charge is 0.394 e. The number of aliphatic imine (C=N–C) groups is 1. The molecular formula is C39H45N9O4S2. The van der Waals surface area contributed by atoms with Gasteiger partial charge in [-0.15, -0.1) is 6.42 Å². The Morgan fingerprint density at radius 1 is 0.963 bits per heavy atom. The standard InChI is InChI=1S/C20H22N4O2S.C19H4.H3N5O2S.8H2/c1-10-19(12(3)24(5)22-10)16-7-14(20-11(2)23-26-13(20)4)8-17-15(16)9-18(21-17)27(6)25;1-3-5-7-9-11-13-15-17-19-18-16-14-12-10-8-6-4-2;1-2-3-4-5(6)7-8;;;;;;;;/h7-8H,9H2,1-6H3;1H,2H3;8H,(H2,1,3);8*1H. The molecule has 15 heteroatoms. The molecule has 2 aromatic heterocycles. The fourth-order valence-electron chi connectivity index (χ4n) is 4.44. The molecule has 13 nitrogen and oxygen atoms in total. The van der Waals surface area contributed by atoms with Crippen LogP contribution in [-0.2, 0) is 28.6 Å². The Balaban J connectivity index is -0.000000155. The van der Waals surface area contributed by atoms with Crippen molar-refractivity contribution in [1.29, 1.82) is 0 Å². The van der Waals surface area contributed by atoms with Gasteiger partial charge in [0.25, 0.3) is 0 Å². The summed E-state index contributed by atoms with van der Waals surface area (Å²) < 4.78 is 23.0. The number of hydrogen-bond donors (Lipinski definition) is 2. The molecule has 0 fully saturated rings. The number of terminal acetylenes is 1. The molecule has 54 heavy (non-hydrogen) atoms. The SMILES string of the molecule is C#CC#CC#CC#CC#CC#CC#CC#CC#CC.Cc1noc(C)c1-c1cc2c(c(-c3c(C)nn(C)c3C)c1)CC(S(C)=O)=N2.NN=NN=[N+]([O-])OS.[HH].[HH].[HH].[HH].[HH].[HH].[HH].[HH]. The van der Waals surface area contributed by atoms with E-state index in [0.717, 1.165) is 56.3 Å². The fourth-order valence-corrected chi connectivity index (χ4v) is 5.04. The van der Waals surface area contributed by atoms with E-state index in [1.165, 1.54) is 0 Å². The van der Waals surface area contributed by atoms with Gasteiger partial charge in [-0.3, -0.25) is 14.7 Å². The molecule has 4 rings (SSSR count). The third-order valence-corrected chi connectivity index (χ3v) is 7.58. The van der Waals surface area contributed by atoms with Crippen LogP contribution in [0.3, 0.4) is 0 Å². The first-order valence-corrected chi connectivity index (χ1v) is 16.9. The van der Waals surface area contributed by atoms with E-state index in [4.69, 9.17) is 10.9 Å². The molecule has 3 heterocycles. The minimum Gasteiger partial charge on any atom is -0.394 e. The van der Waals surface area contributed by atoms with Crippen LogP contribution >= 0.6 is 12.9 Å². The van der Waals surface area contributed by atoms with Gasteiger partial charge in [0, 0.05) is 48.0 Å². The highest BCUT2D eigenvalue weighted by Crippen LogP contribution is 2.43. The zero-order valence-electron chi connectivity index (χ0n) is 30.1. The average Bonchev–Trinajstić information content (AvgIpc) is 3.82. The van der Waals surface area contributed by atoms with Gasteiger partial charge in [0.1, 0.15) is 10.8 Å². The predicted octanol–water partition coefficient (Wildman–Crippen LogP) is 6.54. The van der Waals surface area contributed by atoms with E-state index < -0.39 is 10.8 Å². The van der Waals surface area contributed by atoms with E-state index in [2.05, 4.69) is 168 Å². The van der Waals surface area contributed by atoms with Crippen LogP contribution in [0.15, 0.2) is 37.3 Å². The van der Waals surface area contributed by atoms with E-state index in [1.807, 2.05) is 38.6 Å². The molecule has 0 radical (unpaired) electrons. The van der Waals surface area contributed by atoms with Gasteiger partial charge in [-0.2, -0.15) is 5.10 Å². The summed E-state index contributed by atoms with van der Waals surface area (Å²) in [7, 11) is 0.860. The van der Waals surface area contributed by atoms with Crippen LogP contribution in [0.4, 0.5) is 5.69 Å². The summed E-state index contributed by atoms with van der Waals surface area (Å²) in [5.74, 6) is 47.1. The molecule has 1 aromatic carbocycles. The normalized spacial score (nSPS) is 10.4. The average molecular weight is 768 g/mol. The van der Waals surface area contributed by atoms with Crippen LogP contribution in [-0.4, -0.2) is 35.5 Å². The number of thiol groups is 1. The maximum absolute atomic E-state index is 12.1. The molecule has 2 N–H and O–H groups in total. The van der Waals surface area contributed by atoms with Gasteiger partial charge >= 0.3 is 0 Å². The van der Waals surface area contributed by atoms with Crippen LogP contribution in [0, 0.1) is 140 Å². The Bertz CT molecular complexity index is 2620. The Hall–Kier alpha value is -7.55. The second kappa shape index (κ2) is 23.0. The van der Waals surface area contributed by atoms with Gasteiger partial charge in [-0.1, -0.05) is 24.0 Å². The monoisotopic (exact) mass is 767 g/mol. The lowest BCUT2D eigenvalue weighted by Gasteiger charge is -2.12. The van der Waals surface area contributed by atoms with Gasteiger partial charge in [-0.25, -0.2) is 4.99 Å². The molecule has 0 saturated heterocycles. The van der Waals surface area contributed by atoms with Crippen molar-refractivity contribution in [2.45, 2.75) is 41.0 Å². The lowest BCUT2D eigenvalue weighted by Crippen LogP contribution is -2.05. The zero-order valence-corrected chi connectivity index (χ0v) is 31.8. The van der Waals surface area contributed by atoms with Gasteiger partial charge in [-0.05, 0) is 158 Å². The molecule has 1 aliphatic heterocycles. The first-order chi connectivity index (χ1) is 26.0. The summed E-state index contributed by atoms with van der Waals surface area (Å²) in [5, 5.41) is 26.9. The van der Waals surface area contributed by atoms with Crippen molar-refractivity contribution in [3.63, 3.8) is 0 Å². The highest BCUT2D eigenvalue weighted by molar-refractivity contribution is 8.00. The number of aryl methyl sites for hydroxylation is 4. The molecule has 0 bridgehead atoms. The Kier molecular flexibility index (Phi) is 18.2. The predicted molar refractivity (Wildman–Crippen MR) is 227 cm³/mol. The maximum Gasteiger partial charge on any atom is 0.226 e. The maximum atomic E-state index is 12.1. The number of nitrogens with zero attached hydrogens (tertiary/aromatic N) is 8. The molecule has 0 saturated carbocycles. The van der Waals surface area contributed by atoms with Crippen molar-refractivity contribution in [3.05, 3.63) is 45.7 Å². The summed E-state index contributed by atoms with van der Waals surface area (Å²) in [6, 6.07) is 4.21.